The molecule has 2 aromatic heterocycles. The average molecular weight is 402 g/mol. The molecule has 0 bridgehead atoms. The maximum atomic E-state index is 12.7. The number of thiazole rings is 1. The lowest BCUT2D eigenvalue weighted by Crippen LogP contribution is -2.23. The molecule has 2 heterocycles. The average Bonchev–Trinajstić information content (AvgIpc) is 3.25. The van der Waals surface area contributed by atoms with Gasteiger partial charge in [-0.1, -0.05) is 31.1 Å². The van der Waals surface area contributed by atoms with E-state index in [4.69, 9.17) is 4.52 Å². The Morgan fingerprint density at radius 1 is 1.30 bits per heavy atom. The number of aryl methyl sites for hydroxylation is 2. The van der Waals surface area contributed by atoms with Crippen molar-refractivity contribution in [2.45, 2.75) is 50.8 Å². The highest BCUT2D eigenvalue weighted by Crippen LogP contribution is 2.29. The molecule has 0 saturated heterocycles. The van der Waals surface area contributed by atoms with Gasteiger partial charge in [0.2, 0.25) is 0 Å². The monoisotopic (exact) mass is 401 g/mol. The van der Waals surface area contributed by atoms with Gasteiger partial charge in [-0.05, 0) is 26.0 Å². The lowest BCUT2D eigenvalue weighted by Gasteiger charge is -2.09. The fourth-order valence-corrected chi connectivity index (χ4v) is 4.61. The number of carbonyl (C=O) groups excluding carboxylic acids is 1. The smallest absolute Gasteiger partial charge is 0.252 e. The van der Waals surface area contributed by atoms with E-state index in [9.17, 15) is 4.79 Å². The molecule has 0 radical (unpaired) electrons. The Hall–Kier alpha value is -2.12. The minimum Gasteiger partial charge on any atom is -0.361 e. The van der Waals surface area contributed by atoms with Gasteiger partial charge in [-0.15, -0.1) is 23.1 Å². The molecule has 142 valence electrons. The third-order valence-corrected chi connectivity index (χ3v) is 6.47. The standard InChI is InChI=1S/C20H23N3O2S2/c1-12(2)20-22-15(10-27-20)9-21-19(24)16-7-5-6-8-18(16)26-11-17-13(3)23-25-14(17)4/h5-8,10,12H,9,11H2,1-4H3,(H,21,24). The van der Waals surface area contributed by atoms with Gasteiger partial charge in [-0.25, -0.2) is 4.98 Å². The van der Waals surface area contributed by atoms with Crippen LogP contribution in [-0.4, -0.2) is 16.0 Å². The predicted octanol–water partition coefficient (Wildman–Crippen LogP) is 5.09. The third-order valence-electron chi connectivity index (χ3n) is 4.18. The highest BCUT2D eigenvalue weighted by Gasteiger charge is 2.15. The normalized spacial score (nSPS) is 11.1. The fraction of sp³-hybridized carbons (Fsp3) is 0.350. The van der Waals surface area contributed by atoms with Crippen LogP contribution in [0.25, 0.3) is 0 Å². The minimum atomic E-state index is -0.0871. The summed E-state index contributed by atoms with van der Waals surface area (Å²) in [5.74, 6) is 1.86. The molecule has 5 nitrogen and oxygen atoms in total. The summed E-state index contributed by atoms with van der Waals surface area (Å²) in [5, 5.41) is 10.1. The first-order valence-corrected chi connectivity index (χ1v) is 10.7. The Morgan fingerprint density at radius 2 is 2.07 bits per heavy atom. The van der Waals surface area contributed by atoms with Crippen LogP contribution in [-0.2, 0) is 12.3 Å². The number of carbonyl (C=O) groups is 1. The molecule has 0 aliphatic rings. The molecule has 0 fully saturated rings. The summed E-state index contributed by atoms with van der Waals surface area (Å²) in [6, 6.07) is 7.65. The second-order valence-electron chi connectivity index (χ2n) is 6.60. The first-order valence-electron chi connectivity index (χ1n) is 8.81. The van der Waals surface area contributed by atoms with Crippen molar-refractivity contribution < 1.29 is 9.32 Å². The lowest BCUT2D eigenvalue weighted by atomic mass is 10.2. The molecule has 27 heavy (non-hydrogen) atoms. The predicted molar refractivity (Wildman–Crippen MR) is 109 cm³/mol. The molecule has 0 spiro atoms. The molecule has 7 heteroatoms. The van der Waals surface area contributed by atoms with Crippen molar-refractivity contribution in [2.75, 3.05) is 0 Å². The van der Waals surface area contributed by atoms with E-state index >= 15 is 0 Å². The zero-order chi connectivity index (χ0) is 19.4. The van der Waals surface area contributed by atoms with Crippen molar-refractivity contribution in [3.8, 4) is 0 Å². The summed E-state index contributed by atoms with van der Waals surface area (Å²) >= 11 is 3.25. The number of hydrogen-bond donors (Lipinski definition) is 1. The number of thioether (sulfide) groups is 1. The van der Waals surface area contributed by atoms with Gasteiger partial charge >= 0.3 is 0 Å². The number of nitrogens with one attached hydrogen (secondary N) is 1. The van der Waals surface area contributed by atoms with Gasteiger partial charge in [0.15, 0.2) is 0 Å². The van der Waals surface area contributed by atoms with E-state index in [1.54, 1.807) is 23.1 Å². The first-order chi connectivity index (χ1) is 13.0. The summed E-state index contributed by atoms with van der Waals surface area (Å²) in [6.45, 7) is 8.52. The SMILES string of the molecule is Cc1noc(C)c1CSc1ccccc1C(=O)NCc1csc(C(C)C)n1. The Bertz CT molecular complexity index is 911. The number of nitrogens with zero attached hydrogens (tertiary/aromatic N) is 2. The van der Waals surface area contributed by atoms with Gasteiger partial charge in [0.25, 0.3) is 5.91 Å². The number of hydrogen-bond acceptors (Lipinski definition) is 6. The summed E-state index contributed by atoms with van der Waals surface area (Å²) in [6.07, 6.45) is 0. The Labute approximate surface area is 167 Å². The Kier molecular flexibility index (Phi) is 6.34. The molecule has 0 unspecified atom stereocenters. The van der Waals surface area contributed by atoms with Crippen LogP contribution in [0.3, 0.4) is 0 Å². The van der Waals surface area contributed by atoms with Crippen LogP contribution >= 0.6 is 23.1 Å². The van der Waals surface area contributed by atoms with E-state index in [1.807, 2.05) is 43.5 Å². The first kappa shape index (κ1) is 19.6. The minimum absolute atomic E-state index is 0.0871. The van der Waals surface area contributed by atoms with Crippen LogP contribution < -0.4 is 5.32 Å². The highest BCUT2D eigenvalue weighted by molar-refractivity contribution is 7.98. The summed E-state index contributed by atoms with van der Waals surface area (Å²) in [5.41, 5.74) is 3.55. The molecule has 1 aromatic carbocycles. The van der Waals surface area contributed by atoms with Crippen molar-refractivity contribution in [3.63, 3.8) is 0 Å². The molecule has 0 saturated carbocycles. The second kappa shape index (κ2) is 8.71. The molecule has 3 rings (SSSR count). The molecule has 0 aliphatic carbocycles. The largest absolute Gasteiger partial charge is 0.361 e. The van der Waals surface area contributed by atoms with E-state index in [-0.39, 0.29) is 5.91 Å². The third kappa shape index (κ3) is 4.78. The number of benzene rings is 1. The number of amides is 1. The molecule has 1 amide bonds. The van der Waals surface area contributed by atoms with E-state index in [2.05, 4.69) is 29.3 Å². The van der Waals surface area contributed by atoms with Crippen molar-refractivity contribution in [1.29, 1.82) is 0 Å². The Balaban J connectivity index is 1.66. The zero-order valence-corrected chi connectivity index (χ0v) is 17.5. The number of rotatable bonds is 7. The van der Waals surface area contributed by atoms with Gasteiger partial charge in [-0.2, -0.15) is 0 Å². The van der Waals surface area contributed by atoms with Crippen molar-refractivity contribution in [3.05, 3.63) is 62.9 Å². The van der Waals surface area contributed by atoms with Gasteiger partial charge in [0.05, 0.1) is 28.5 Å². The van der Waals surface area contributed by atoms with Gasteiger partial charge in [-0.3, -0.25) is 4.79 Å². The van der Waals surface area contributed by atoms with Crippen molar-refractivity contribution in [2.24, 2.45) is 0 Å². The van der Waals surface area contributed by atoms with Crippen LogP contribution in [0, 0.1) is 13.8 Å². The summed E-state index contributed by atoms with van der Waals surface area (Å²) < 4.78 is 5.22. The maximum Gasteiger partial charge on any atom is 0.252 e. The summed E-state index contributed by atoms with van der Waals surface area (Å²) in [7, 11) is 0. The maximum absolute atomic E-state index is 12.7. The zero-order valence-electron chi connectivity index (χ0n) is 15.9. The topological polar surface area (TPSA) is 68.0 Å². The molecular formula is C20H23N3O2S2. The molecule has 1 N–H and O–H groups in total. The van der Waals surface area contributed by atoms with Gasteiger partial charge < -0.3 is 9.84 Å². The molecule has 0 atom stereocenters. The quantitative estimate of drug-likeness (QED) is 0.558. The van der Waals surface area contributed by atoms with E-state index < -0.39 is 0 Å². The van der Waals surface area contributed by atoms with Crippen LogP contribution in [0.2, 0.25) is 0 Å². The van der Waals surface area contributed by atoms with Gasteiger partial charge in [0, 0.05) is 27.5 Å². The lowest BCUT2D eigenvalue weighted by molar-refractivity contribution is 0.0947. The summed E-state index contributed by atoms with van der Waals surface area (Å²) in [4.78, 5) is 18.2. The number of aromatic nitrogens is 2. The van der Waals surface area contributed by atoms with Crippen LogP contribution in [0.5, 0.6) is 0 Å². The second-order valence-corrected chi connectivity index (χ2v) is 8.51. The molecular weight excluding hydrogens is 378 g/mol. The highest BCUT2D eigenvalue weighted by atomic mass is 32.2. The molecule has 3 aromatic rings. The van der Waals surface area contributed by atoms with Crippen LogP contribution in [0.4, 0.5) is 0 Å². The van der Waals surface area contributed by atoms with Crippen LogP contribution in [0.15, 0.2) is 39.1 Å². The van der Waals surface area contributed by atoms with Crippen molar-refractivity contribution in [1.82, 2.24) is 15.5 Å². The van der Waals surface area contributed by atoms with E-state index in [0.29, 0.717) is 18.0 Å². The van der Waals surface area contributed by atoms with Gasteiger partial charge in [0.1, 0.15) is 5.76 Å². The van der Waals surface area contributed by atoms with Crippen molar-refractivity contribution >= 4 is 29.0 Å². The molecule has 0 aliphatic heterocycles. The van der Waals surface area contributed by atoms with E-state index in [0.717, 1.165) is 38.4 Å². The van der Waals surface area contributed by atoms with E-state index in [1.165, 1.54) is 0 Å². The fourth-order valence-electron chi connectivity index (χ4n) is 2.57. The Morgan fingerprint density at radius 3 is 2.74 bits per heavy atom. The van der Waals surface area contributed by atoms with Crippen LogP contribution in [0.1, 0.15) is 57.8 Å².